The normalized spacial score (nSPS) is 17.5. The second-order valence-corrected chi connectivity index (χ2v) is 9.33. The Balaban J connectivity index is 1.88. The fourth-order valence-corrected chi connectivity index (χ4v) is 5.14. The van der Waals surface area contributed by atoms with Gasteiger partial charge in [0.1, 0.15) is 6.04 Å². The van der Waals surface area contributed by atoms with Gasteiger partial charge in [-0.15, -0.1) is 0 Å². The molecule has 6 heteroatoms. The van der Waals surface area contributed by atoms with Crippen molar-refractivity contribution in [3.05, 3.63) is 65.2 Å². The molecule has 0 heterocycles. The zero-order valence-corrected chi connectivity index (χ0v) is 17.5. The van der Waals surface area contributed by atoms with Crippen LogP contribution in [0, 0.1) is 6.92 Å². The Kier molecular flexibility index (Phi) is 6.08. The lowest BCUT2D eigenvalue weighted by atomic mass is 9.87. The zero-order valence-electron chi connectivity index (χ0n) is 16.7. The van der Waals surface area contributed by atoms with Gasteiger partial charge in [-0.2, -0.15) is 0 Å². The quantitative estimate of drug-likeness (QED) is 0.803. The van der Waals surface area contributed by atoms with Crippen LogP contribution in [-0.2, 0) is 21.2 Å². The Hall–Kier alpha value is -2.34. The number of rotatable bonds is 6. The number of anilines is 1. The molecular weight excluding hydrogens is 372 g/mol. The highest BCUT2D eigenvalue weighted by molar-refractivity contribution is 7.92. The SMILES string of the molecule is CCC(C(=O)NC1CCCc2ccccc21)N(c1ccc(C)cc1)S(C)(=O)=O. The predicted octanol–water partition coefficient (Wildman–Crippen LogP) is 3.73. The number of amides is 1. The van der Waals surface area contributed by atoms with Gasteiger partial charge in [-0.05, 0) is 55.9 Å². The van der Waals surface area contributed by atoms with Crippen molar-refractivity contribution in [3.8, 4) is 0 Å². The number of sulfonamides is 1. The van der Waals surface area contributed by atoms with Crippen LogP contribution in [0.2, 0.25) is 0 Å². The van der Waals surface area contributed by atoms with Crippen molar-refractivity contribution in [1.82, 2.24) is 5.32 Å². The predicted molar refractivity (Wildman–Crippen MR) is 113 cm³/mol. The molecule has 2 atom stereocenters. The first kappa shape index (κ1) is 20.4. The summed E-state index contributed by atoms with van der Waals surface area (Å²) >= 11 is 0. The second kappa shape index (κ2) is 8.35. The Morgan fingerprint density at radius 3 is 2.50 bits per heavy atom. The third-order valence-electron chi connectivity index (χ3n) is 5.30. The summed E-state index contributed by atoms with van der Waals surface area (Å²) in [6.45, 7) is 3.78. The van der Waals surface area contributed by atoms with E-state index in [2.05, 4.69) is 17.4 Å². The van der Waals surface area contributed by atoms with Crippen LogP contribution in [0.4, 0.5) is 5.69 Å². The molecule has 5 nitrogen and oxygen atoms in total. The van der Waals surface area contributed by atoms with Crippen molar-refractivity contribution in [1.29, 1.82) is 0 Å². The summed E-state index contributed by atoms with van der Waals surface area (Å²) in [6, 6.07) is 14.5. The molecular formula is C22H28N2O3S. The van der Waals surface area contributed by atoms with Gasteiger partial charge in [0.2, 0.25) is 15.9 Å². The maximum Gasteiger partial charge on any atom is 0.244 e. The highest BCUT2D eigenvalue weighted by Crippen LogP contribution is 2.30. The number of nitrogens with zero attached hydrogens (tertiary/aromatic N) is 1. The molecule has 1 amide bonds. The molecule has 1 aliphatic rings. The van der Waals surface area contributed by atoms with Gasteiger partial charge in [0, 0.05) is 0 Å². The highest BCUT2D eigenvalue weighted by atomic mass is 32.2. The summed E-state index contributed by atoms with van der Waals surface area (Å²) in [7, 11) is -3.62. The Bertz CT molecular complexity index is 939. The summed E-state index contributed by atoms with van der Waals surface area (Å²) in [6.07, 6.45) is 4.42. The van der Waals surface area contributed by atoms with Crippen molar-refractivity contribution in [2.45, 2.75) is 51.6 Å². The van der Waals surface area contributed by atoms with Crippen LogP contribution >= 0.6 is 0 Å². The van der Waals surface area contributed by atoms with E-state index in [1.54, 1.807) is 12.1 Å². The monoisotopic (exact) mass is 400 g/mol. The average molecular weight is 401 g/mol. The summed E-state index contributed by atoms with van der Waals surface area (Å²) < 4.78 is 26.4. The first-order valence-corrected chi connectivity index (χ1v) is 11.6. The van der Waals surface area contributed by atoms with Crippen molar-refractivity contribution in [3.63, 3.8) is 0 Å². The van der Waals surface area contributed by atoms with Crippen molar-refractivity contribution in [2.24, 2.45) is 0 Å². The molecule has 0 radical (unpaired) electrons. The van der Waals surface area contributed by atoms with Crippen molar-refractivity contribution < 1.29 is 13.2 Å². The van der Waals surface area contributed by atoms with E-state index in [9.17, 15) is 13.2 Å². The number of hydrogen-bond donors (Lipinski definition) is 1. The number of aryl methyl sites for hydroxylation is 2. The minimum absolute atomic E-state index is 0.0778. The van der Waals surface area contributed by atoms with E-state index in [1.165, 1.54) is 9.87 Å². The van der Waals surface area contributed by atoms with Crippen molar-refractivity contribution in [2.75, 3.05) is 10.6 Å². The standard InChI is InChI=1S/C22H28N2O3S/c1-4-21(24(28(3,26)27)18-14-12-16(2)13-15-18)22(25)23-20-11-7-9-17-8-5-6-10-19(17)20/h5-6,8,10,12-15,20-21H,4,7,9,11H2,1-3H3,(H,23,25). The molecule has 0 aliphatic heterocycles. The zero-order chi connectivity index (χ0) is 20.3. The lowest BCUT2D eigenvalue weighted by Gasteiger charge is -2.33. The van der Waals surface area contributed by atoms with E-state index in [4.69, 9.17) is 0 Å². The lowest BCUT2D eigenvalue weighted by Crippen LogP contribution is -2.50. The van der Waals surface area contributed by atoms with Crippen LogP contribution in [0.15, 0.2) is 48.5 Å². The van der Waals surface area contributed by atoms with Gasteiger partial charge in [0.05, 0.1) is 18.0 Å². The number of carbonyl (C=O) groups is 1. The van der Waals surface area contributed by atoms with E-state index >= 15 is 0 Å². The molecule has 0 saturated carbocycles. The summed E-state index contributed by atoms with van der Waals surface area (Å²) in [5.41, 5.74) is 3.94. The van der Waals surface area contributed by atoms with Crippen LogP contribution in [0.5, 0.6) is 0 Å². The maximum atomic E-state index is 13.2. The number of nitrogens with one attached hydrogen (secondary N) is 1. The Morgan fingerprint density at radius 2 is 1.86 bits per heavy atom. The van der Waals surface area contributed by atoms with E-state index in [-0.39, 0.29) is 11.9 Å². The van der Waals surface area contributed by atoms with E-state index in [1.807, 2.05) is 38.1 Å². The number of benzene rings is 2. The Morgan fingerprint density at radius 1 is 1.18 bits per heavy atom. The smallest absolute Gasteiger partial charge is 0.244 e. The molecule has 150 valence electrons. The lowest BCUT2D eigenvalue weighted by molar-refractivity contribution is -0.123. The van der Waals surface area contributed by atoms with Gasteiger partial charge in [0.25, 0.3) is 0 Å². The van der Waals surface area contributed by atoms with Gasteiger partial charge >= 0.3 is 0 Å². The molecule has 0 bridgehead atoms. The van der Waals surface area contributed by atoms with Crippen LogP contribution < -0.4 is 9.62 Å². The van der Waals surface area contributed by atoms with Gasteiger partial charge in [-0.1, -0.05) is 48.9 Å². The Labute approximate surface area is 167 Å². The van der Waals surface area contributed by atoms with Gasteiger partial charge < -0.3 is 5.32 Å². The third kappa shape index (κ3) is 4.38. The molecule has 2 unspecified atom stereocenters. The van der Waals surface area contributed by atoms with Crippen molar-refractivity contribution >= 4 is 21.6 Å². The molecule has 1 aliphatic carbocycles. The molecule has 2 aromatic carbocycles. The number of hydrogen-bond acceptors (Lipinski definition) is 3. The van der Waals surface area contributed by atoms with Gasteiger partial charge in [-0.25, -0.2) is 8.42 Å². The minimum Gasteiger partial charge on any atom is -0.347 e. The van der Waals surface area contributed by atoms with E-state index < -0.39 is 16.1 Å². The van der Waals surface area contributed by atoms with Crippen LogP contribution in [-0.4, -0.2) is 26.6 Å². The first-order valence-electron chi connectivity index (χ1n) is 9.75. The van der Waals surface area contributed by atoms with Crippen LogP contribution in [0.3, 0.4) is 0 Å². The van der Waals surface area contributed by atoms with Crippen LogP contribution in [0.1, 0.15) is 48.9 Å². The molecule has 0 saturated heterocycles. The minimum atomic E-state index is -3.62. The molecule has 2 aromatic rings. The number of fused-ring (bicyclic) bond motifs is 1. The molecule has 1 N–H and O–H groups in total. The summed E-state index contributed by atoms with van der Waals surface area (Å²) in [4.78, 5) is 13.2. The molecule has 28 heavy (non-hydrogen) atoms. The van der Waals surface area contributed by atoms with Gasteiger partial charge in [0.15, 0.2) is 0 Å². The highest BCUT2D eigenvalue weighted by Gasteiger charge is 2.33. The van der Waals surface area contributed by atoms with E-state index in [0.29, 0.717) is 12.1 Å². The van der Waals surface area contributed by atoms with Crippen LogP contribution in [0.25, 0.3) is 0 Å². The third-order valence-corrected chi connectivity index (χ3v) is 6.48. The van der Waals surface area contributed by atoms with E-state index in [0.717, 1.165) is 36.6 Å². The topological polar surface area (TPSA) is 66.5 Å². The molecule has 0 aromatic heterocycles. The average Bonchev–Trinajstić information content (AvgIpc) is 2.66. The molecule has 0 spiro atoms. The summed E-state index contributed by atoms with van der Waals surface area (Å²) in [5.74, 6) is -0.254. The first-order chi connectivity index (χ1) is 13.3. The largest absolute Gasteiger partial charge is 0.347 e. The molecule has 3 rings (SSSR count). The maximum absolute atomic E-state index is 13.2. The fraction of sp³-hybridized carbons (Fsp3) is 0.409. The number of carbonyl (C=O) groups excluding carboxylic acids is 1. The molecule has 0 fully saturated rings. The summed E-state index contributed by atoms with van der Waals surface area (Å²) in [5, 5.41) is 3.11. The fourth-order valence-electron chi connectivity index (χ4n) is 3.92. The van der Waals surface area contributed by atoms with Gasteiger partial charge in [-0.3, -0.25) is 9.10 Å². The second-order valence-electron chi connectivity index (χ2n) is 7.47.